The van der Waals surface area contributed by atoms with Gasteiger partial charge in [-0.2, -0.15) is 9.40 Å². The second-order valence-corrected chi connectivity index (χ2v) is 6.62. The highest BCUT2D eigenvalue weighted by molar-refractivity contribution is 7.89. The standard InChI is InChI=1S/C13H24N4O2S/c1-5-14-7-8-16-11-13(9-15-16)20(18,19)17(6-2)10-12(3)4/h9,11,14H,3,5-8,10H2,1-2,4H3. The first-order chi connectivity index (χ1) is 9.41. The molecule has 0 aromatic carbocycles. The average molecular weight is 300 g/mol. The van der Waals surface area contributed by atoms with Gasteiger partial charge in [-0.25, -0.2) is 8.42 Å². The summed E-state index contributed by atoms with van der Waals surface area (Å²) in [7, 11) is -3.49. The van der Waals surface area contributed by atoms with Crippen LogP contribution in [-0.2, 0) is 16.6 Å². The summed E-state index contributed by atoms with van der Waals surface area (Å²) in [5.41, 5.74) is 0.815. The number of nitrogens with one attached hydrogen (secondary N) is 1. The SMILES string of the molecule is C=C(C)CN(CC)S(=O)(=O)c1cnn(CCNCC)c1. The van der Waals surface area contributed by atoms with Gasteiger partial charge in [0.05, 0.1) is 12.7 Å². The molecule has 0 atom stereocenters. The quantitative estimate of drug-likeness (QED) is 0.547. The second kappa shape index (κ2) is 7.56. The minimum Gasteiger partial charge on any atom is -0.315 e. The molecular weight excluding hydrogens is 276 g/mol. The first-order valence-corrected chi connectivity index (χ1v) is 8.23. The van der Waals surface area contributed by atoms with E-state index in [1.165, 1.54) is 10.5 Å². The molecule has 1 rings (SSSR count). The van der Waals surface area contributed by atoms with Gasteiger partial charge in [-0.15, -0.1) is 0 Å². The Bertz CT molecular complexity index is 536. The minimum absolute atomic E-state index is 0.233. The molecule has 6 nitrogen and oxygen atoms in total. The predicted molar refractivity (Wildman–Crippen MR) is 80.0 cm³/mol. The van der Waals surface area contributed by atoms with Gasteiger partial charge in [0.2, 0.25) is 10.0 Å². The van der Waals surface area contributed by atoms with Crippen LogP contribution in [0, 0.1) is 0 Å². The van der Waals surface area contributed by atoms with Crippen molar-refractivity contribution in [2.24, 2.45) is 0 Å². The first kappa shape index (κ1) is 16.9. The molecule has 0 aliphatic carbocycles. The Kier molecular flexibility index (Phi) is 6.38. The van der Waals surface area contributed by atoms with Crippen molar-refractivity contribution in [3.63, 3.8) is 0 Å². The van der Waals surface area contributed by atoms with E-state index in [4.69, 9.17) is 0 Å². The van der Waals surface area contributed by atoms with Crippen molar-refractivity contribution in [2.75, 3.05) is 26.2 Å². The maximum Gasteiger partial charge on any atom is 0.246 e. The van der Waals surface area contributed by atoms with E-state index in [1.54, 1.807) is 10.9 Å². The predicted octanol–water partition coefficient (Wildman–Crippen LogP) is 1.08. The molecule has 20 heavy (non-hydrogen) atoms. The van der Waals surface area contributed by atoms with Crippen molar-refractivity contribution in [3.8, 4) is 0 Å². The zero-order chi connectivity index (χ0) is 15.2. The third-order valence-corrected chi connectivity index (χ3v) is 4.69. The molecule has 0 aliphatic rings. The Hall–Kier alpha value is -1.18. The van der Waals surface area contributed by atoms with Crippen LogP contribution in [0.5, 0.6) is 0 Å². The topological polar surface area (TPSA) is 67.2 Å². The minimum atomic E-state index is -3.49. The summed E-state index contributed by atoms with van der Waals surface area (Å²) < 4.78 is 28.0. The van der Waals surface area contributed by atoms with E-state index in [9.17, 15) is 8.42 Å². The van der Waals surface area contributed by atoms with Gasteiger partial charge in [0.1, 0.15) is 4.90 Å². The molecular formula is C13H24N4O2S. The van der Waals surface area contributed by atoms with E-state index in [2.05, 4.69) is 17.0 Å². The number of rotatable bonds is 9. The van der Waals surface area contributed by atoms with Gasteiger partial charge in [0, 0.05) is 25.8 Å². The lowest BCUT2D eigenvalue weighted by Crippen LogP contribution is -2.32. The van der Waals surface area contributed by atoms with Gasteiger partial charge < -0.3 is 5.32 Å². The lowest BCUT2D eigenvalue weighted by Gasteiger charge is -2.19. The summed E-state index contributed by atoms with van der Waals surface area (Å²) in [6.45, 7) is 12.5. The Balaban J connectivity index is 2.83. The Morgan fingerprint density at radius 1 is 1.50 bits per heavy atom. The number of likely N-dealkylation sites (N-methyl/N-ethyl adjacent to an activating group) is 2. The highest BCUT2D eigenvalue weighted by Crippen LogP contribution is 2.15. The van der Waals surface area contributed by atoms with Crippen molar-refractivity contribution in [3.05, 3.63) is 24.5 Å². The largest absolute Gasteiger partial charge is 0.315 e. The van der Waals surface area contributed by atoms with E-state index >= 15 is 0 Å². The fourth-order valence-electron chi connectivity index (χ4n) is 1.79. The second-order valence-electron chi connectivity index (χ2n) is 4.68. The zero-order valence-electron chi connectivity index (χ0n) is 12.5. The van der Waals surface area contributed by atoms with Crippen molar-refractivity contribution in [1.82, 2.24) is 19.4 Å². The van der Waals surface area contributed by atoms with Crippen molar-refractivity contribution < 1.29 is 8.42 Å². The molecule has 0 fully saturated rings. The third-order valence-electron chi connectivity index (χ3n) is 2.81. The van der Waals surface area contributed by atoms with Gasteiger partial charge in [0.25, 0.3) is 0 Å². The number of hydrogen-bond donors (Lipinski definition) is 1. The number of hydrogen-bond acceptors (Lipinski definition) is 4. The molecule has 0 unspecified atom stereocenters. The van der Waals surface area contributed by atoms with Crippen LogP contribution in [0.1, 0.15) is 20.8 Å². The fourth-order valence-corrected chi connectivity index (χ4v) is 3.25. The number of aromatic nitrogens is 2. The summed E-state index contributed by atoms with van der Waals surface area (Å²) in [4.78, 5) is 0.233. The van der Waals surface area contributed by atoms with Crippen LogP contribution in [0.25, 0.3) is 0 Å². The van der Waals surface area contributed by atoms with Gasteiger partial charge in [-0.1, -0.05) is 26.0 Å². The molecule has 0 radical (unpaired) electrons. The van der Waals surface area contributed by atoms with E-state index < -0.39 is 10.0 Å². The van der Waals surface area contributed by atoms with Gasteiger partial charge in [0.15, 0.2) is 0 Å². The number of nitrogens with zero attached hydrogens (tertiary/aromatic N) is 3. The number of sulfonamides is 1. The van der Waals surface area contributed by atoms with Gasteiger partial charge >= 0.3 is 0 Å². The highest BCUT2D eigenvalue weighted by atomic mass is 32.2. The average Bonchev–Trinajstić information content (AvgIpc) is 2.85. The van der Waals surface area contributed by atoms with Crippen molar-refractivity contribution in [1.29, 1.82) is 0 Å². The van der Waals surface area contributed by atoms with Crippen molar-refractivity contribution in [2.45, 2.75) is 32.2 Å². The molecule has 1 aromatic heterocycles. The molecule has 114 valence electrons. The molecule has 0 bridgehead atoms. The van der Waals surface area contributed by atoms with E-state index in [1.807, 2.05) is 20.8 Å². The summed E-state index contributed by atoms with van der Waals surface area (Å²) >= 11 is 0. The monoisotopic (exact) mass is 300 g/mol. The van der Waals surface area contributed by atoms with E-state index in [0.29, 0.717) is 19.6 Å². The fraction of sp³-hybridized carbons (Fsp3) is 0.615. The third kappa shape index (κ3) is 4.43. The van der Waals surface area contributed by atoms with Crippen LogP contribution < -0.4 is 5.32 Å². The van der Waals surface area contributed by atoms with Crippen LogP contribution in [-0.4, -0.2) is 48.7 Å². The Morgan fingerprint density at radius 3 is 2.75 bits per heavy atom. The lowest BCUT2D eigenvalue weighted by atomic mass is 10.3. The Morgan fingerprint density at radius 2 is 2.20 bits per heavy atom. The molecule has 0 saturated heterocycles. The van der Waals surface area contributed by atoms with Gasteiger partial charge in [-0.05, 0) is 13.5 Å². The summed E-state index contributed by atoms with van der Waals surface area (Å²) in [6, 6.07) is 0. The van der Waals surface area contributed by atoms with Crippen LogP contribution in [0.4, 0.5) is 0 Å². The van der Waals surface area contributed by atoms with Crippen LogP contribution in [0.2, 0.25) is 0 Å². The van der Waals surface area contributed by atoms with Crippen LogP contribution in [0.15, 0.2) is 29.4 Å². The molecule has 1 aromatic rings. The molecule has 0 saturated carbocycles. The Labute approximate surface area is 121 Å². The summed E-state index contributed by atoms with van der Waals surface area (Å²) in [5, 5.41) is 7.27. The molecule has 1 N–H and O–H groups in total. The van der Waals surface area contributed by atoms with E-state index in [0.717, 1.165) is 18.7 Å². The summed E-state index contributed by atoms with van der Waals surface area (Å²) in [5.74, 6) is 0. The van der Waals surface area contributed by atoms with Gasteiger partial charge in [-0.3, -0.25) is 4.68 Å². The first-order valence-electron chi connectivity index (χ1n) is 6.79. The maximum absolute atomic E-state index is 12.5. The van der Waals surface area contributed by atoms with Crippen molar-refractivity contribution >= 4 is 10.0 Å². The summed E-state index contributed by atoms with van der Waals surface area (Å²) in [6.07, 6.45) is 2.98. The molecule has 0 spiro atoms. The maximum atomic E-state index is 12.5. The molecule has 1 heterocycles. The highest BCUT2D eigenvalue weighted by Gasteiger charge is 2.24. The normalized spacial score (nSPS) is 12.0. The molecule has 0 aliphatic heterocycles. The molecule has 7 heteroatoms. The van der Waals surface area contributed by atoms with E-state index in [-0.39, 0.29) is 4.90 Å². The van der Waals surface area contributed by atoms with Crippen LogP contribution >= 0.6 is 0 Å². The zero-order valence-corrected chi connectivity index (χ0v) is 13.3. The molecule has 0 amide bonds. The smallest absolute Gasteiger partial charge is 0.246 e. The lowest BCUT2D eigenvalue weighted by molar-refractivity contribution is 0.452. The van der Waals surface area contributed by atoms with Crippen LogP contribution in [0.3, 0.4) is 0 Å².